The summed E-state index contributed by atoms with van der Waals surface area (Å²) >= 11 is 4.56. The topological polar surface area (TPSA) is 50.4 Å². The van der Waals surface area contributed by atoms with Crippen LogP contribution in [0.2, 0.25) is 0 Å². The fourth-order valence-electron chi connectivity index (χ4n) is 0.710. The average molecular weight is 422 g/mol. The molecule has 5 heteroatoms. The van der Waals surface area contributed by atoms with Crippen molar-refractivity contribution in [3.05, 3.63) is 42.8 Å². The van der Waals surface area contributed by atoms with Gasteiger partial charge in [0.2, 0.25) is 0 Å². The summed E-state index contributed by atoms with van der Waals surface area (Å²) in [6, 6.07) is 9.68. The molecule has 3 N–H and O–H groups in total. The normalized spacial score (nSPS) is 7.76. The van der Waals surface area contributed by atoms with Crippen LogP contribution in [0.3, 0.4) is 0 Å². The molecule has 0 aromatic heterocycles. The maximum Gasteiger partial charge on any atom is 0.184 e. The van der Waals surface area contributed by atoms with Crippen LogP contribution in [0.25, 0.3) is 0 Å². The van der Waals surface area contributed by atoms with Crippen molar-refractivity contribution < 1.29 is 21.1 Å². The average Bonchev–Trinajstić information content (AvgIpc) is 2.35. The van der Waals surface area contributed by atoms with Crippen molar-refractivity contribution in [1.82, 2.24) is 5.43 Å². The minimum atomic E-state index is 0. The zero-order chi connectivity index (χ0) is 12.8. The fraction of sp³-hybridized carbons (Fsp3) is 0.250. The summed E-state index contributed by atoms with van der Waals surface area (Å²) in [6.45, 7) is 9.00. The van der Waals surface area contributed by atoms with Gasteiger partial charge in [-0.25, -0.2) is 0 Å². The Bertz CT molecular complexity index is 289. The second kappa shape index (κ2) is 17.7. The van der Waals surface area contributed by atoms with Gasteiger partial charge in [-0.2, -0.15) is 12.0 Å². The molecule has 0 heterocycles. The van der Waals surface area contributed by atoms with E-state index in [4.69, 9.17) is 5.73 Å². The first-order valence-electron chi connectivity index (χ1n) is 5.13. The van der Waals surface area contributed by atoms with E-state index in [1.54, 1.807) is 13.1 Å². The van der Waals surface area contributed by atoms with Crippen molar-refractivity contribution in [3.8, 4) is 0 Å². The molecule has 0 amide bonds. The summed E-state index contributed by atoms with van der Waals surface area (Å²) in [6.07, 6.45) is 1.65. The molecule has 17 heavy (non-hydrogen) atoms. The van der Waals surface area contributed by atoms with Gasteiger partial charge in [-0.3, -0.25) is 5.43 Å². The Morgan fingerprint density at radius 2 is 1.76 bits per heavy atom. The van der Waals surface area contributed by atoms with E-state index in [0.717, 1.165) is 5.56 Å². The Morgan fingerprint density at radius 1 is 1.29 bits per heavy atom. The quantitative estimate of drug-likeness (QED) is 0.334. The third kappa shape index (κ3) is 15.3. The number of hydrogen-bond donors (Lipinski definition) is 2. The molecular weight excluding hydrogens is 402 g/mol. The molecule has 0 saturated carbocycles. The largest absolute Gasteiger partial charge is 0.375 e. The summed E-state index contributed by atoms with van der Waals surface area (Å²) in [5.41, 5.74) is 8.64. The molecule has 0 aliphatic heterocycles. The minimum absolute atomic E-state index is 0. The van der Waals surface area contributed by atoms with Crippen molar-refractivity contribution in [2.24, 2.45) is 10.8 Å². The van der Waals surface area contributed by atoms with Crippen LogP contribution in [0, 0.1) is 6.92 Å². The number of hydrazone groups is 1. The van der Waals surface area contributed by atoms with Gasteiger partial charge >= 0.3 is 0 Å². The van der Waals surface area contributed by atoms with Crippen molar-refractivity contribution in [2.45, 2.75) is 20.8 Å². The first-order valence-corrected chi connectivity index (χ1v) is 5.54. The Balaban J connectivity index is -0.000000355. The molecule has 0 bridgehead atoms. The third-order valence-electron chi connectivity index (χ3n) is 1.19. The number of benzene rings is 1. The van der Waals surface area contributed by atoms with Crippen molar-refractivity contribution in [1.29, 1.82) is 0 Å². The number of rotatable bonds is 2. The van der Waals surface area contributed by atoms with Crippen LogP contribution in [-0.4, -0.2) is 11.3 Å². The van der Waals surface area contributed by atoms with Gasteiger partial charge in [0.15, 0.2) is 5.11 Å². The van der Waals surface area contributed by atoms with Crippen molar-refractivity contribution in [2.75, 3.05) is 0 Å². The summed E-state index contributed by atoms with van der Waals surface area (Å²) in [7, 11) is 0. The van der Waals surface area contributed by atoms with E-state index >= 15 is 0 Å². The van der Waals surface area contributed by atoms with E-state index in [0.29, 0.717) is 0 Å². The van der Waals surface area contributed by atoms with Crippen LogP contribution < -0.4 is 11.2 Å². The maximum atomic E-state index is 5.16. The number of nitrogens with one attached hydrogen (secondary N) is 1. The second-order valence-electron chi connectivity index (χ2n) is 2.14. The van der Waals surface area contributed by atoms with E-state index in [-0.39, 0.29) is 26.2 Å². The van der Waals surface area contributed by atoms with Gasteiger partial charge in [0, 0.05) is 21.1 Å². The first kappa shape index (κ1) is 21.5. The zero-order valence-electron chi connectivity index (χ0n) is 10.5. The maximum absolute atomic E-state index is 5.16. The van der Waals surface area contributed by atoms with Gasteiger partial charge in [-0.1, -0.05) is 44.2 Å². The van der Waals surface area contributed by atoms with E-state index in [9.17, 15) is 0 Å². The first-order chi connectivity index (χ1) is 7.79. The number of hydrogen-bond acceptors (Lipinski definition) is 2. The molecule has 0 aliphatic carbocycles. The molecule has 1 aromatic rings. The van der Waals surface area contributed by atoms with Gasteiger partial charge in [-0.05, 0) is 17.8 Å². The summed E-state index contributed by atoms with van der Waals surface area (Å²) in [5.74, 6) is 0. The molecule has 0 radical (unpaired) electrons. The van der Waals surface area contributed by atoms with Crippen LogP contribution in [-0.2, 0) is 21.1 Å². The molecule has 1 aromatic carbocycles. The van der Waals surface area contributed by atoms with Gasteiger partial charge in [0.25, 0.3) is 0 Å². The molecule has 96 valence electrons. The van der Waals surface area contributed by atoms with Crippen LogP contribution in [0.1, 0.15) is 26.3 Å². The third-order valence-corrected chi connectivity index (χ3v) is 1.28. The Kier molecular flexibility index (Phi) is 22.4. The predicted octanol–water partition coefficient (Wildman–Crippen LogP) is 2.72. The molecule has 0 unspecified atom stereocenters. The molecule has 0 aliphatic rings. The van der Waals surface area contributed by atoms with E-state index < -0.39 is 0 Å². The molecule has 0 atom stereocenters. The molecular formula is C12H20N3SW-. The Labute approximate surface area is 124 Å². The minimum Gasteiger partial charge on any atom is -0.375 e. The Hall–Kier alpha value is -0.732. The zero-order valence-corrected chi connectivity index (χ0v) is 14.3. The number of nitrogens with two attached hydrogens (primary N) is 1. The summed E-state index contributed by atoms with van der Waals surface area (Å²) < 4.78 is 0. The van der Waals surface area contributed by atoms with Gasteiger partial charge in [0.1, 0.15) is 0 Å². The molecule has 1 rings (SSSR count). The molecule has 0 fully saturated rings. The van der Waals surface area contributed by atoms with Gasteiger partial charge in [0.05, 0.1) is 6.21 Å². The van der Waals surface area contributed by atoms with E-state index in [1.165, 1.54) is 0 Å². The van der Waals surface area contributed by atoms with E-state index in [1.807, 2.05) is 44.2 Å². The van der Waals surface area contributed by atoms with Crippen molar-refractivity contribution in [3.63, 3.8) is 0 Å². The standard InChI is InChI=1S/C8H9N3S.C2H6.C2H5.W/c9-8(12)11-10-6-7-4-2-1-3-5-7;2*1-2;/h1-6H,(H3,9,11,12);1-2H3;1H2,2H3;/q;;-1;/b10-6+;;;. The van der Waals surface area contributed by atoms with Crippen LogP contribution in [0.15, 0.2) is 35.4 Å². The molecule has 3 nitrogen and oxygen atoms in total. The SMILES string of the molecule is CC.NC(=S)N/N=C/c1ccccc1.[CH2-]C.[W]. The van der Waals surface area contributed by atoms with Crippen LogP contribution >= 0.6 is 12.2 Å². The fourth-order valence-corrected chi connectivity index (χ4v) is 0.762. The van der Waals surface area contributed by atoms with Crippen LogP contribution in [0.5, 0.6) is 0 Å². The summed E-state index contributed by atoms with van der Waals surface area (Å²) in [5, 5.41) is 3.97. The van der Waals surface area contributed by atoms with Crippen molar-refractivity contribution >= 4 is 23.5 Å². The summed E-state index contributed by atoms with van der Waals surface area (Å²) in [4.78, 5) is 0. The second-order valence-corrected chi connectivity index (χ2v) is 2.58. The molecule has 0 saturated heterocycles. The Morgan fingerprint density at radius 3 is 2.18 bits per heavy atom. The van der Waals surface area contributed by atoms with E-state index in [2.05, 4.69) is 29.7 Å². The number of nitrogens with zero attached hydrogens (tertiary/aromatic N) is 1. The smallest absolute Gasteiger partial charge is 0.184 e. The molecule has 0 spiro atoms. The predicted molar refractivity (Wildman–Crippen MR) is 76.3 cm³/mol. The number of thiocarbonyl (C=S) groups is 1. The van der Waals surface area contributed by atoms with Gasteiger partial charge < -0.3 is 12.7 Å². The monoisotopic (exact) mass is 422 g/mol. The van der Waals surface area contributed by atoms with Crippen LogP contribution in [0.4, 0.5) is 0 Å². The van der Waals surface area contributed by atoms with Gasteiger partial charge in [-0.15, -0.1) is 0 Å².